The second-order valence-corrected chi connectivity index (χ2v) is 11.2. The van der Waals surface area contributed by atoms with Crippen LogP contribution in [0.15, 0.2) is 66.7 Å². The van der Waals surface area contributed by atoms with E-state index in [1.807, 2.05) is 54.6 Å². The van der Waals surface area contributed by atoms with E-state index in [1.54, 1.807) is 0 Å². The summed E-state index contributed by atoms with van der Waals surface area (Å²) in [5.41, 5.74) is 1.22. The molecule has 2 aliphatic rings. The molecule has 2 fully saturated rings. The van der Waals surface area contributed by atoms with Crippen LogP contribution >= 0.6 is 0 Å². The molecule has 1 N–H and O–H groups in total. The van der Waals surface area contributed by atoms with Crippen molar-refractivity contribution in [2.45, 2.75) is 71.4 Å². The van der Waals surface area contributed by atoms with Crippen molar-refractivity contribution in [3.63, 3.8) is 0 Å². The molecule has 6 nitrogen and oxygen atoms in total. The zero-order chi connectivity index (χ0) is 28.0. The van der Waals surface area contributed by atoms with Crippen molar-refractivity contribution >= 4 is 11.9 Å². The lowest BCUT2D eigenvalue weighted by molar-refractivity contribution is -0.145. The van der Waals surface area contributed by atoms with Crippen LogP contribution in [0.3, 0.4) is 0 Å². The van der Waals surface area contributed by atoms with Crippen LogP contribution in [0, 0.1) is 11.8 Å². The standard InChI is InChI=1S/C27H43N3O3.C6H6/c1-4-21(3)26(27(32)33)29-18-13-23(20-29)19-28-16-14-24(15-17-28)30(5-2)25(31)12-11-22-9-7-6-8-10-22;1-2-4-6-5-3-1/h6-10,21,23-24,26H,4-5,11-20H2,1-3H3,(H,32,33);1-6H. The number of carbonyl (C=O) groups is 2. The van der Waals surface area contributed by atoms with Crippen molar-refractivity contribution in [2.75, 3.05) is 39.3 Å². The van der Waals surface area contributed by atoms with E-state index < -0.39 is 5.97 Å². The van der Waals surface area contributed by atoms with Gasteiger partial charge in [0, 0.05) is 45.2 Å². The van der Waals surface area contributed by atoms with Gasteiger partial charge >= 0.3 is 5.97 Å². The highest BCUT2D eigenvalue weighted by Crippen LogP contribution is 2.26. The van der Waals surface area contributed by atoms with Gasteiger partial charge in [0.2, 0.25) is 5.91 Å². The molecule has 2 saturated heterocycles. The molecule has 214 valence electrons. The Morgan fingerprint density at radius 1 is 0.923 bits per heavy atom. The summed E-state index contributed by atoms with van der Waals surface area (Å²) in [5.74, 6) is 0.317. The van der Waals surface area contributed by atoms with Gasteiger partial charge in [0.15, 0.2) is 0 Å². The van der Waals surface area contributed by atoms with Gasteiger partial charge in [-0.15, -0.1) is 0 Å². The Morgan fingerprint density at radius 2 is 1.51 bits per heavy atom. The number of piperidine rings is 1. The minimum absolute atomic E-state index is 0.177. The number of likely N-dealkylation sites (tertiary alicyclic amines) is 2. The average Bonchev–Trinajstić information content (AvgIpc) is 3.42. The number of aliphatic carboxylic acids is 1. The van der Waals surface area contributed by atoms with Crippen molar-refractivity contribution in [2.24, 2.45) is 11.8 Å². The average molecular weight is 536 g/mol. The highest BCUT2D eigenvalue weighted by atomic mass is 16.4. The molecule has 1 amide bonds. The number of aryl methyl sites for hydroxylation is 1. The fourth-order valence-electron chi connectivity index (χ4n) is 6.09. The summed E-state index contributed by atoms with van der Waals surface area (Å²) >= 11 is 0. The Balaban J connectivity index is 0.000000617. The van der Waals surface area contributed by atoms with E-state index in [4.69, 9.17) is 0 Å². The van der Waals surface area contributed by atoms with Gasteiger partial charge in [-0.05, 0) is 56.6 Å². The van der Waals surface area contributed by atoms with E-state index in [0.717, 1.165) is 71.4 Å². The van der Waals surface area contributed by atoms with Gasteiger partial charge < -0.3 is 14.9 Å². The Bertz CT molecular complexity index is 936. The van der Waals surface area contributed by atoms with Gasteiger partial charge in [-0.25, -0.2) is 0 Å². The van der Waals surface area contributed by atoms with E-state index in [2.05, 4.69) is 47.6 Å². The molecule has 2 aliphatic heterocycles. The molecule has 3 unspecified atom stereocenters. The molecule has 39 heavy (non-hydrogen) atoms. The number of carbonyl (C=O) groups excluding carboxylic acids is 1. The molecule has 4 rings (SSSR count). The highest BCUT2D eigenvalue weighted by Gasteiger charge is 2.36. The predicted molar refractivity (Wildman–Crippen MR) is 159 cm³/mol. The molecule has 0 bridgehead atoms. The monoisotopic (exact) mass is 535 g/mol. The molecule has 2 aromatic carbocycles. The molecular weight excluding hydrogens is 486 g/mol. The number of benzene rings is 2. The molecule has 0 aromatic heterocycles. The zero-order valence-corrected chi connectivity index (χ0v) is 24.3. The number of rotatable bonds is 11. The van der Waals surface area contributed by atoms with Crippen molar-refractivity contribution in [1.82, 2.24) is 14.7 Å². The van der Waals surface area contributed by atoms with Crippen LogP contribution in [-0.2, 0) is 16.0 Å². The fraction of sp³-hybridized carbons (Fsp3) is 0.576. The van der Waals surface area contributed by atoms with E-state index >= 15 is 0 Å². The molecule has 0 saturated carbocycles. The maximum atomic E-state index is 12.9. The van der Waals surface area contributed by atoms with Crippen molar-refractivity contribution in [3.8, 4) is 0 Å². The van der Waals surface area contributed by atoms with Gasteiger partial charge in [-0.3, -0.25) is 14.5 Å². The summed E-state index contributed by atoms with van der Waals surface area (Å²) in [7, 11) is 0. The number of carboxylic acid groups (broad SMARTS) is 1. The predicted octanol–water partition coefficient (Wildman–Crippen LogP) is 5.44. The van der Waals surface area contributed by atoms with Crippen LogP contribution < -0.4 is 0 Å². The maximum absolute atomic E-state index is 12.9. The lowest BCUT2D eigenvalue weighted by Crippen LogP contribution is -2.48. The Kier molecular flexibility index (Phi) is 13.0. The first-order chi connectivity index (χ1) is 18.9. The second-order valence-electron chi connectivity index (χ2n) is 11.2. The van der Waals surface area contributed by atoms with Gasteiger partial charge in [-0.1, -0.05) is 87.0 Å². The summed E-state index contributed by atoms with van der Waals surface area (Å²) in [5, 5.41) is 9.71. The quantitative estimate of drug-likeness (QED) is 0.415. The fourth-order valence-corrected chi connectivity index (χ4v) is 6.09. The van der Waals surface area contributed by atoms with Gasteiger partial charge in [0.05, 0.1) is 0 Å². The molecule has 2 aromatic rings. The van der Waals surface area contributed by atoms with Crippen molar-refractivity contribution < 1.29 is 14.7 Å². The third-order valence-corrected chi connectivity index (χ3v) is 8.46. The van der Waals surface area contributed by atoms with Crippen LogP contribution in [0.25, 0.3) is 0 Å². The summed E-state index contributed by atoms with van der Waals surface area (Å²) in [6.07, 6.45) is 5.43. The smallest absolute Gasteiger partial charge is 0.321 e. The Hall–Kier alpha value is -2.70. The summed E-state index contributed by atoms with van der Waals surface area (Å²) in [6, 6.07) is 22.2. The van der Waals surface area contributed by atoms with E-state index in [0.29, 0.717) is 18.4 Å². The number of hydrogen-bond acceptors (Lipinski definition) is 4. The molecule has 0 radical (unpaired) electrons. The van der Waals surface area contributed by atoms with Crippen molar-refractivity contribution in [3.05, 3.63) is 72.3 Å². The number of nitrogens with zero attached hydrogens (tertiary/aromatic N) is 3. The number of carboxylic acids is 1. The lowest BCUT2D eigenvalue weighted by Gasteiger charge is -2.39. The molecular formula is C33H49N3O3. The van der Waals surface area contributed by atoms with Crippen LogP contribution in [0.1, 0.15) is 58.4 Å². The molecule has 2 heterocycles. The third-order valence-electron chi connectivity index (χ3n) is 8.46. The van der Waals surface area contributed by atoms with E-state index in [1.165, 1.54) is 5.56 Å². The number of amides is 1. The van der Waals surface area contributed by atoms with Crippen LogP contribution in [0.5, 0.6) is 0 Å². The van der Waals surface area contributed by atoms with Gasteiger partial charge in [0.1, 0.15) is 6.04 Å². The third kappa shape index (κ3) is 9.77. The minimum atomic E-state index is -0.678. The summed E-state index contributed by atoms with van der Waals surface area (Å²) in [4.78, 5) is 31.5. The first-order valence-electron chi connectivity index (χ1n) is 15.0. The maximum Gasteiger partial charge on any atom is 0.321 e. The highest BCUT2D eigenvalue weighted by molar-refractivity contribution is 5.76. The van der Waals surface area contributed by atoms with E-state index in [-0.39, 0.29) is 17.9 Å². The van der Waals surface area contributed by atoms with Crippen molar-refractivity contribution in [1.29, 1.82) is 0 Å². The van der Waals surface area contributed by atoms with E-state index in [9.17, 15) is 14.7 Å². The largest absolute Gasteiger partial charge is 0.480 e. The minimum Gasteiger partial charge on any atom is -0.480 e. The normalized spacial score (nSPS) is 20.0. The molecule has 0 aliphatic carbocycles. The number of hydrogen-bond donors (Lipinski definition) is 1. The van der Waals surface area contributed by atoms with Crippen LogP contribution in [0.2, 0.25) is 0 Å². The van der Waals surface area contributed by atoms with Crippen LogP contribution in [0.4, 0.5) is 0 Å². The Labute approximate surface area is 236 Å². The van der Waals surface area contributed by atoms with Gasteiger partial charge in [-0.2, -0.15) is 0 Å². The zero-order valence-electron chi connectivity index (χ0n) is 24.3. The molecule has 3 atom stereocenters. The first-order valence-corrected chi connectivity index (χ1v) is 15.0. The van der Waals surface area contributed by atoms with Crippen LogP contribution in [-0.4, -0.2) is 83.0 Å². The lowest BCUT2D eigenvalue weighted by atomic mass is 9.98. The first kappa shape index (κ1) is 30.8. The molecule has 0 spiro atoms. The van der Waals surface area contributed by atoms with Gasteiger partial charge in [0.25, 0.3) is 0 Å². The molecule has 6 heteroatoms. The second kappa shape index (κ2) is 16.4. The summed E-state index contributed by atoms with van der Waals surface area (Å²) < 4.78 is 0. The Morgan fingerprint density at radius 3 is 2.05 bits per heavy atom. The summed E-state index contributed by atoms with van der Waals surface area (Å²) in [6.45, 7) is 11.9. The SMILES string of the molecule is CCC(C)C(C(=O)O)N1CCC(CN2CCC(N(CC)C(=O)CCc3ccccc3)CC2)C1.c1ccccc1. The topological polar surface area (TPSA) is 64.1 Å².